The van der Waals surface area contributed by atoms with Crippen molar-refractivity contribution in [3.8, 4) is 5.75 Å². The number of carbonyl (C=O) groups excluding carboxylic acids is 1. The van der Waals surface area contributed by atoms with E-state index in [0.717, 1.165) is 5.56 Å². The standard InChI is InChI=1S/C24H21FN2O4S/c1-4-31-23(29)20-14(2)26-24-27(21(20)16-7-11-18(30-3)12-8-16)22(28)19(32-24)13-15-5-9-17(25)10-6-15/h5-13,21H,4H2,1-3H3/b19-13+/t21-/m0/s1. The molecule has 0 amide bonds. The Kier molecular flexibility index (Phi) is 6.05. The van der Waals surface area contributed by atoms with E-state index in [9.17, 15) is 14.0 Å². The normalized spacial score (nSPS) is 15.9. The third-order valence-electron chi connectivity index (χ3n) is 5.12. The molecule has 0 saturated carbocycles. The van der Waals surface area contributed by atoms with Crippen LogP contribution in [0.2, 0.25) is 0 Å². The predicted molar refractivity (Wildman–Crippen MR) is 120 cm³/mol. The quantitative estimate of drug-likeness (QED) is 0.558. The van der Waals surface area contributed by atoms with E-state index in [0.29, 0.717) is 31.9 Å². The first kappa shape index (κ1) is 21.7. The molecule has 4 rings (SSSR count). The summed E-state index contributed by atoms with van der Waals surface area (Å²) in [6.45, 7) is 3.67. The molecule has 1 atom stereocenters. The molecule has 0 N–H and O–H groups in total. The molecule has 1 aromatic heterocycles. The van der Waals surface area contributed by atoms with Gasteiger partial charge in [-0.15, -0.1) is 0 Å². The number of allylic oxidation sites excluding steroid dienone is 1. The minimum atomic E-state index is -0.688. The van der Waals surface area contributed by atoms with Gasteiger partial charge in [0.1, 0.15) is 11.6 Å². The summed E-state index contributed by atoms with van der Waals surface area (Å²) in [7, 11) is 1.57. The first-order valence-electron chi connectivity index (χ1n) is 10.0. The molecule has 6 nitrogen and oxygen atoms in total. The van der Waals surface area contributed by atoms with Crippen LogP contribution in [0, 0.1) is 5.82 Å². The van der Waals surface area contributed by atoms with E-state index in [-0.39, 0.29) is 18.0 Å². The van der Waals surface area contributed by atoms with Crippen LogP contribution in [0.4, 0.5) is 4.39 Å². The number of hydrogen-bond acceptors (Lipinski definition) is 6. The van der Waals surface area contributed by atoms with Gasteiger partial charge in [0, 0.05) is 0 Å². The SMILES string of the molecule is CCOC(=O)C1=C(C)N=c2s/c(=C/c3ccc(F)cc3)c(=O)n2[C@H]1c1ccc(OC)cc1. The summed E-state index contributed by atoms with van der Waals surface area (Å²) in [4.78, 5) is 31.3. The number of hydrogen-bond donors (Lipinski definition) is 0. The summed E-state index contributed by atoms with van der Waals surface area (Å²) in [6, 6.07) is 12.4. The summed E-state index contributed by atoms with van der Waals surface area (Å²) in [5.41, 5.74) is 1.96. The van der Waals surface area contributed by atoms with Crippen LogP contribution in [-0.2, 0) is 9.53 Å². The van der Waals surface area contributed by atoms with Gasteiger partial charge in [-0.25, -0.2) is 14.2 Å². The summed E-state index contributed by atoms with van der Waals surface area (Å²) < 4.78 is 25.7. The molecular weight excluding hydrogens is 431 g/mol. The highest BCUT2D eigenvalue weighted by molar-refractivity contribution is 7.07. The fourth-order valence-corrected chi connectivity index (χ4v) is 4.65. The number of methoxy groups -OCH3 is 1. The molecule has 8 heteroatoms. The highest BCUT2D eigenvalue weighted by atomic mass is 32.1. The van der Waals surface area contributed by atoms with Crippen LogP contribution in [0.1, 0.15) is 31.0 Å². The fraction of sp³-hybridized carbons (Fsp3) is 0.208. The van der Waals surface area contributed by atoms with Gasteiger partial charge < -0.3 is 9.47 Å². The van der Waals surface area contributed by atoms with Gasteiger partial charge >= 0.3 is 5.97 Å². The zero-order valence-electron chi connectivity index (χ0n) is 17.8. The molecule has 1 aliphatic rings. The molecule has 0 radical (unpaired) electrons. The monoisotopic (exact) mass is 452 g/mol. The molecule has 0 bridgehead atoms. The lowest BCUT2D eigenvalue weighted by molar-refractivity contribution is -0.139. The van der Waals surface area contributed by atoms with E-state index in [1.807, 2.05) is 12.1 Å². The van der Waals surface area contributed by atoms with Crippen molar-refractivity contribution in [2.75, 3.05) is 13.7 Å². The van der Waals surface area contributed by atoms with Crippen LogP contribution in [0.15, 0.2) is 69.6 Å². The van der Waals surface area contributed by atoms with Gasteiger partial charge in [0.2, 0.25) is 0 Å². The first-order chi connectivity index (χ1) is 15.4. The molecule has 2 heterocycles. The summed E-state index contributed by atoms with van der Waals surface area (Å²) in [6.07, 6.45) is 1.69. The van der Waals surface area contributed by atoms with Gasteiger partial charge in [-0.2, -0.15) is 0 Å². The van der Waals surface area contributed by atoms with Crippen molar-refractivity contribution < 1.29 is 18.7 Å². The average Bonchev–Trinajstić information content (AvgIpc) is 3.09. The summed E-state index contributed by atoms with van der Waals surface area (Å²) in [5.74, 6) is -0.198. The average molecular weight is 453 g/mol. The number of nitrogens with zero attached hydrogens (tertiary/aromatic N) is 2. The van der Waals surface area contributed by atoms with Crippen LogP contribution in [0.5, 0.6) is 5.75 Å². The minimum absolute atomic E-state index is 0.208. The zero-order chi connectivity index (χ0) is 22.8. The Labute approximate surface area is 187 Å². The Hall–Kier alpha value is -3.52. The number of carbonyl (C=O) groups is 1. The topological polar surface area (TPSA) is 69.9 Å². The van der Waals surface area contributed by atoms with Crippen molar-refractivity contribution in [2.45, 2.75) is 19.9 Å². The maximum absolute atomic E-state index is 13.4. The van der Waals surface area contributed by atoms with Crippen molar-refractivity contribution >= 4 is 23.4 Å². The first-order valence-corrected chi connectivity index (χ1v) is 10.8. The zero-order valence-corrected chi connectivity index (χ0v) is 18.6. The number of ether oxygens (including phenoxy) is 2. The molecule has 0 fully saturated rings. The lowest BCUT2D eigenvalue weighted by Gasteiger charge is -2.24. The molecule has 164 valence electrons. The number of halogens is 1. The van der Waals surface area contributed by atoms with Crippen molar-refractivity contribution in [3.05, 3.63) is 96.4 Å². The lowest BCUT2D eigenvalue weighted by atomic mass is 9.96. The molecule has 0 spiro atoms. The predicted octanol–water partition coefficient (Wildman–Crippen LogP) is 2.95. The van der Waals surface area contributed by atoms with E-state index < -0.39 is 12.0 Å². The summed E-state index contributed by atoms with van der Waals surface area (Å²) in [5, 5.41) is 0. The number of benzene rings is 2. The van der Waals surface area contributed by atoms with E-state index in [4.69, 9.17) is 9.47 Å². The van der Waals surface area contributed by atoms with Crippen molar-refractivity contribution in [1.29, 1.82) is 0 Å². The third kappa shape index (κ3) is 4.01. The second-order valence-corrected chi connectivity index (χ2v) is 8.14. The van der Waals surface area contributed by atoms with Gasteiger partial charge in [0.15, 0.2) is 4.80 Å². The van der Waals surface area contributed by atoms with Crippen LogP contribution in [-0.4, -0.2) is 24.3 Å². The van der Waals surface area contributed by atoms with Gasteiger partial charge in [-0.1, -0.05) is 35.6 Å². The largest absolute Gasteiger partial charge is 0.497 e. The van der Waals surface area contributed by atoms with Gasteiger partial charge in [0.05, 0.1) is 35.6 Å². The molecule has 1 aliphatic heterocycles. The molecule has 0 unspecified atom stereocenters. The van der Waals surface area contributed by atoms with Crippen LogP contribution < -0.4 is 19.6 Å². The molecule has 32 heavy (non-hydrogen) atoms. The Morgan fingerprint density at radius 1 is 1.19 bits per heavy atom. The number of thiazole rings is 1. The number of fused-ring (bicyclic) bond motifs is 1. The molecular formula is C24H21FN2O4S. The van der Waals surface area contributed by atoms with Crippen LogP contribution in [0.3, 0.4) is 0 Å². The van der Waals surface area contributed by atoms with Crippen LogP contribution >= 0.6 is 11.3 Å². The second-order valence-electron chi connectivity index (χ2n) is 7.13. The van der Waals surface area contributed by atoms with Crippen LogP contribution in [0.25, 0.3) is 6.08 Å². The summed E-state index contributed by atoms with van der Waals surface area (Å²) >= 11 is 1.22. The van der Waals surface area contributed by atoms with E-state index in [1.54, 1.807) is 51.3 Å². The fourth-order valence-electron chi connectivity index (χ4n) is 3.60. The highest BCUT2D eigenvalue weighted by Gasteiger charge is 2.33. The molecule has 3 aromatic rings. The van der Waals surface area contributed by atoms with Gasteiger partial charge in [0.25, 0.3) is 5.56 Å². The highest BCUT2D eigenvalue weighted by Crippen LogP contribution is 2.31. The van der Waals surface area contributed by atoms with E-state index in [2.05, 4.69) is 4.99 Å². The molecule has 0 aliphatic carbocycles. The Morgan fingerprint density at radius 3 is 2.50 bits per heavy atom. The number of rotatable bonds is 5. The third-order valence-corrected chi connectivity index (χ3v) is 6.10. The van der Waals surface area contributed by atoms with Gasteiger partial charge in [-0.05, 0) is 55.3 Å². The number of aromatic nitrogens is 1. The van der Waals surface area contributed by atoms with E-state index in [1.165, 1.54) is 28.0 Å². The Balaban J connectivity index is 1.93. The smallest absolute Gasteiger partial charge is 0.338 e. The maximum atomic E-state index is 13.4. The second kappa shape index (κ2) is 8.92. The Bertz CT molecular complexity index is 1370. The Morgan fingerprint density at radius 2 is 1.88 bits per heavy atom. The minimum Gasteiger partial charge on any atom is -0.497 e. The van der Waals surface area contributed by atoms with Crippen molar-refractivity contribution in [1.82, 2.24) is 4.57 Å². The molecule has 0 saturated heterocycles. The molecule has 2 aromatic carbocycles. The lowest BCUT2D eigenvalue weighted by Crippen LogP contribution is -2.39. The number of esters is 1. The van der Waals surface area contributed by atoms with Gasteiger partial charge in [-0.3, -0.25) is 9.36 Å². The maximum Gasteiger partial charge on any atom is 0.338 e. The van der Waals surface area contributed by atoms with E-state index >= 15 is 0 Å². The van der Waals surface area contributed by atoms with Crippen molar-refractivity contribution in [3.63, 3.8) is 0 Å². The van der Waals surface area contributed by atoms with Crippen molar-refractivity contribution in [2.24, 2.45) is 4.99 Å².